The second-order valence-electron chi connectivity index (χ2n) is 6.10. The van der Waals surface area contributed by atoms with Gasteiger partial charge in [-0.15, -0.1) is 0 Å². The lowest BCUT2D eigenvalue weighted by Gasteiger charge is -2.24. The third-order valence-electron chi connectivity index (χ3n) is 3.57. The Morgan fingerprint density at radius 2 is 1.85 bits per heavy atom. The van der Waals surface area contributed by atoms with Crippen LogP contribution in [0.1, 0.15) is 66.2 Å². The summed E-state index contributed by atoms with van der Waals surface area (Å²) in [5.41, 5.74) is -0.0702. The van der Waals surface area contributed by atoms with Crippen LogP contribution in [0.5, 0.6) is 0 Å². The fraction of sp³-hybridized carbons (Fsp3) is 0.867. The van der Waals surface area contributed by atoms with Crippen molar-refractivity contribution in [3.05, 3.63) is 0 Å². The molecule has 0 saturated carbocycles. The first kappa shape index (κ1) is 18.7. The maximum atomic E-state index is 11.7. The predicted octanol–water partition coefficient (Wildman–Crippen LogP) is 3.15. The number of amides is 2. The highest BCUT2D eigenvalue weighted by Gasteiger charge is 2.19. The zero-order valence-electron chi connectivity index (χ0n) is 13.3. The molecule has 0 aliphatic rings. The van der Waals surface area contributed by atoms with Gasteiger partial charge in [0.15, 0.2) is 0 Å². The zero-order valence-corrected chi connectivity index (χ0v) is 13.3. The van der Waals surface area contributed by atoms with Crippen molar-refractivity contribution >= 4 is 12.0 Å². The first-order valence-electron chi connectivity index (χ1n) is 7.57. The molecule has 0 aromatic carbocycles. The van der Waals surface area contributed by atoms with Crippen LogP contribution >= 0.6 is 0 Å². The second kappa shape index (κ2) is 9.61. The SMILES string of the molecule is CCCC(CC)NC(=O)NCCC(C)(C)CCC(=O)O. The van der Waals surface area contributed by atoms with Crippen molar-refractivity contribution < 1.29 is 14.7 Å². The van der Waals surface area contributed by atoms with Gasteiger partial charge in [0.2, 0.25) is 0 Å². The van der Waals surface area contributed by atoms with Gasteiger partial charge in [-0.1, -0.05) is 34.1 Å². The van der Waals surface area contributed by atoms with Gasteiger partial charge in [-0.05, 0) is 31.1 Å². The molecule has 0 heterocycles. The fourth-order valence-corrected chi connectivity index (χ4v) is 2.05. The smallest absolute Gasteiger partial charge is 0.315 e. The number of carbonyl (C=O) groups is 2. The quantitative estimate of drug-likeness (QED) is 0.577. The Bertz CT molecular complexity index is 303. The maximum Gasteiger partial charge on any atom is 0.315 e. The van der Waals surface area contributed by atoms with Gasteiger partial charge >= 0.3 is 12.0 Å². The van der Waals surface area contributed by atoms with Crippen molar-refractivity contribution in [3.63, 3.8) is 0 Å². The topological polar surface area (TPSA) is 78.4 Å². The van der Waals surface area contributed by atoms with E-state index in [0.29, 0.717) is 13.0 Å². The minimum atomic E-state index is -0.769. The van der Waals surface area contributed by atoms with Crippen LogP contribution in [-0.2, 0) is 4.79 Å². The number of carbonyl (C=O) groups excluding carboxylic acids is 1. The average molecular weight is 286 g/mol. The summed E-state index contributed by atoms with van der Waals surface area (Å²) in [5, 5.41) is 14.5. The molecular weight excluding hydrogens is 256 g/mol. The zero-order chi connectivity index (χ0) is 15.6. The lowest BCUT2D eigenvalue weighted by atomic mass is 9.84. The first-order chi connectivity index (χ1) is 9.30. The summed E-state index contributed by atoms with van der Waals surface area (Å²) in [6.45, 7) is 8.80. The molecule has 0 saturated heterocycles. The summed E-state index contributed by atoms with van der Waals surface area (Å²) in [5.74, 6) is -0.769. The first-order valence-corrected chi connectivity index (χ1v) is 7.57. The summed E-state index contributed by atoms with van der Waals surface area (Å²) in [7, 11) is 0. The van der Waals surface area contributed by atoms with Gasteiger partial charge in [-0.2, -0.15) is 0 Å². The van der Waals surface area contributed by atoms with E-state index in [1.54, 1.807) is 0 Å². The van der Waals surface area contributed by atoms with E-state index in [4.69, 9.17) is 5.11 Å². The van der Waals surface area contributed by atoms with E-state index >= 15 is 0 Å². The molecule has 5 nitrogen and oxygen atoms in total. The average Bonchev–Trinajstić information content (AvgIpc) is 2.35. The number of aliphatic carboxylic acids is 1. The number of rotatable bonds is 10. The molecule has 5 heteroatoms. The molecular formula is C15H30N2O3. The Morgan fingerprint density at radius 3 is 2.35 bits per heavy atom. The number of hydrogen-bond donors (Lipinski definition) is 3. The van der Waals surface area contributed by atoms with Crippen molar-refractivity contribution in [3.8, 4) is 0 Å². The molecule has 0 radical (unpaired) electrons. The van der Waals surface area contributed by atoms with E-state index in [2.05, 4.69) is 24.5 Å². The highest BCUT2D eigenvalue weighted by Crippen LogP contribution is 2.25. The summed E-state index contributed by atoms with van der Waals surface area (Å²) < 4.78 is 0. The van der Waals surface area contributed by atoms with Gasteiger partial charge in [0.05, 0.1) is 0 Å². The number of urea groups is 1. The van der Waals surface area contributed by atoms with Crippen LogP contribution in [-0.4, -0.2) is 29.7 Å². The molecule has 0 fully saturated rings. The lowest BCUT2D eigenvalue weighted by Crippen LogP contribution is -2.42. The number of carboxylic acids is 1. The predicted molar refractivity (Wildman–Crippen MR) is 80.8 cm³/mol. The van der Waals surface area contributed by atoms with E-state index < -0.39 is 5.97 Å². The lowest BCUT2D eigenvalue weighted by molar-refractivity contribution is -0.137. The summed E-state index contributed by atoms with van der Waals surface area (Å²) in [4.78, 5) is 22.3. The largest absolute Gasteiger partial charge is 0.481 e. The van der Waals surface area contributed by atoms with E-state index in [-0.39, 0.29) is 23.9 Å². The van der Waals surface area contributed by atoms with Gasteiger partial charge < -0.3 is 15.7 Å². The molecule has 0 spiro atoms. The van der Waals surface area contributed by atoms with E-state index in [1.165, 1.54) is 0 Å². The Morgan fingerprint density at radius 1 is 1.20 bits per heavy atom. The van der Waals surface area contributed by atoms with Crippen LogP contribution in [0.25, 0.3) is 0 Å². The third-order valence-corrected chi connectivity index (χ3v) is 3.57. The van der Waals surface area contributed by atoms with Gasteiger partial charge in [0.1, 0.15) is 0 Å². The Labute approximate surface area is 122 Å². The molecule has 3 N–H and O–H groups in total. The molecule has 0 bridgehead atoms. The second-order valence-corrected chi connectivity index (χ2v) is 6.10. The van der Waals surface area contributed by atoms with Crippen molar-refractivity contribution in [1.29, 1.82) is 0 Å². The highest BCUT2D eigenvalue weighted by molar-refractivity contribution is 5.74. The Balaban J connectivity index is 3.92. The standard InChI is InChI=1S/C15H30N2O3/c1-5-7-12(6-2)17-14(20)16-11-10-15(3,4)9-8-13(18)19/h12H,5-11H2,1-4H3,(H,18,19)(H2,16,17,20). The van der Waals surface area contributed by atoms with Gasteiger partial charge in [0, 0.05) is 19.0 Å². The van der Waals surface area contributed by atoms with Crippen LogP contribution in [0.4, 0.5) is 4.79 Å². The van der Waals surface area contributed by atoms with E-state index in [9.17, 15) is 9.59 Å². The molecule has 0 aromatic heterocycles. The van der Waals surface area contributed by atoms with Crippen LogP contribution in [0.3, 0.4) is 0 Å². The Hall–Kier alpha value is -1.26. The molecule has 0 aromatic rings. The summed E-state index contributed by atoms with van der Waals surface area (Å²) in [6.07, 6.45) is 4.56. The van der Waals surface area contributed by atoms with Crippen LogP contribution in [0.2, 0.25) is 0 Å². The molecule has 0 aliphatic heterocycles. The molecule has 2 amide bonds. The number of hydrogen-bond acceptors (Lipinski definition) is 2. The van der Waals surface area contributed by atoms with Crippen LogP contribution in [0, 0.1) is 5.41 Å². The van der Waals surface area contributed by atoms with E-state index in [0.717, 1.165) is 25.7 Å². The summed E-state index contributed by atoms with van der Waals surface area (Å²) in [6, 6.07) is 0.111. The fourth-order valence-electron chi connectivity index (χ4n) is 2.05. The minimum Gasteiger partial charge on any atom is -0.481 e. The van der Waals surface area contributed by atoms with Crippen LogP contribution in [0.15, 0.2) is 0 Å². The highest BCUT2D eigenvalue weighted by atomic mass is 16.4. The number of carboxylic acid groups (broad SMARTS) is 1. The van der Waals surface area contributed by atoms with Crippen LogP contribution < -0.4 is 10.6 Å². The minimum absolute atomic E-state index is 0.0702. The van der Waals surface area contributed by atoms with Crippen molar-refractivity contribution in [1.82, 2.24) is 10.6 Å². The summed E-state index contributed by atoms with van der Waals surface area (Å²) >= 11 is 0. The van der Waals surface area contributed by atoms with Gasteiger partial charge in [-0.3, -0.25) is 4.79 Å². The maximum absolute atomic E-state index is 11.7. The van der Waals surface area contributed by atoms with Crippen molar-refractivity contribution in [2.24, 2.45) is 5.41 Å². The monoisotopic (exact) mass is 286 g/mol. The van der Waals surface area contributed by atoms with Gasteiger partial charge in [-0.25, -0.2) is 4.79 Å². The Kier molecular flexibility index (Phi) is 9.01. The third kappa shape index (κ3) is 9.64. The van der Waals surface area contributed by atoms with E-state index in [1.807, 2.05) is 13.8 Å². The molecule has 1 atom stereocenters. The molecule has 1 unspecified atom stereocenters. The normalized spacial score (nSPS) is 12.8. The molecule has 20 heavy (non-hydrogen) atoms. The molecule has 118 valence electrons. The van der Waals surface area contributed by atoms with Crippen molar-refractivity contribution in [2.45, 2.75) is 72.3 Å². The van der Waals surface area contributed by atoms with Gasteiger partial charge in [0.25, 0.3) is 0 Å². The molecule has 0 aliphatic carbocycles. The molecule has 0 rings (SSSR count). The van der Waals surface area contributed by atoms with Crippen molar-refractivity contribution in [2.75, 3.05) is 6.54 Å². The number of nitrogens with one attached hydrogen (secondary N) is 2.